The highest BCUT2D eigenvalue weighted by Crippen LogP contribution is 2.11. The van der Waals surface area contributed by atoms with E-state index in [-0.39, 0.29) is 11.3 Å². The lowest BCUT2D eigenvalue weighted by atomic mass is 10.1. The summed E-state index contributed by atoms with van der Waals surface area (Å²) in [4.78, 5) is 21.0. The second kappa shape index (κ2) is 15.3. The second-order valence-electron chi connectivity index (χ2n) is 5.82. The highest BCUT2D eigenvalue weighted by Gasteiger charge is 2.08. The van der Waals surface area contributed by atoms with Crippen molar-refractivity contribution in [2.24, 2.45) is 0 Å². The highest BCUT2D eigenvalue weighted by atomic mass is 16.6. The molecule has 0 heterocycles. The molecule has 5 nitrogen and oxygen atoms in total. The molecule has 0 bridgehead atoms. The molecule has 0 atom stereocenters. The van der Waals surface area contributed by atoms with Crippen LogP contribution in [0.2, 0.25) is 0 Å². The van der Waals surface area contributed by atoms with Gasteiger partial charge in [0.05, 0.1) is 4.92 Å². The Morgan fingerprint density at radius 2 is 1.65 bits per heavy atom. The van der Waals surface area contributed by atoms with Crippen molar-refractivity contribution in [3.05, 3.63) is 34.0 Å². The van der Waals surface area contributed by atoms with Crippen LogP contribution < -0.4 is 0 Å². The van der Waals surface area contributed by atoms with Crippen molar-refractivity contribution in [2.45, 2.75) is 84.0 Å². The normalized spacial score (nSPS) is 12.0. The van der Waals surface area contributed by atoms with Crippen LogP contribution in [-0.4, -0.2) is 16.0 Å². The molecule has 0 radical (unpaired) electrons. The van der Waals surface area contributed by atoms with Gasteiger partial charge in [-0.25, -0.2) is 0 Å². The quantitative estimate of drug-likeness (QED) is 0.187. The van der Waals surface area contributed by atoms with Crippen molar-refractivity contribution in [1.82, 2.24) is 0 Å². The van der Waals surface area contributed by atoms with Crippen LogP contribution in [0.25, 0.3) is 0 Å². The maximum absolute atomic E-state index is 10.9. The summed E-state index contributed by atoms with van der Waals surface area (Å²) in [6, 6.07) is 0. The number of hydrogen-bond donors (Lipinski definition) is 1. The van der Waals surface area contributed by atoms with Gasteiger partial charge in [-0.3, -0.25) is 14.9 Å². The maximum atomic E-state index is 10.9. The minimum absolute atomic E-state index is 0.263. The summed E-state index contributed by atoms with van der Waals surface area (Å²) in [5.41, 5.74) is 0.335. The van der Waals surface area contributed by atoms with Gasteiger partial charge in [0.2, 0.25) is 5.70 Å². The summed E-state index contributed by atoms with van der Waals surface area (Å²) >= 11 is 0. The number of carboxylic acid groups (broad SMARTS) is 1. The topological polar surface area (TPSA) is 80.4 Å². The third kappa shape index (κ3) is 15.0. The molecule has 0 aliphatic rings. The van der Waals surface area contributed by atoms with Crippen LogP contribution in [0.15, 0.2) is 23.9 Å². The molecule has 5 heteroatoms. The number of rotatable bonds is 15. The SMILES string of the molecule is CCCCC/C(=C/C/C=C/CCCCCCCC(=O)O)[N+](=O)[O-]. The summed E-state index contributed by atoms with van der Waals surface area (Å²) in [5.74, 6) is -0.718. The molecule has 1 N–H and O–H groups in total. The van der Waals surface area contributed by atoms with E-state index in [0.717, 1.165) is 57.8 Å². The Morgan fingerprint density at radius 1 is 1.00 bits per heavy atom. The highest BCUT2D eigenvalue weighted by molar-refractivity contribution is 5.66. The van der Waals surface area contributed by atoms with Crippen LogP contribution in [0.4, 0.5) is 0 Å². The van der Waals surface area contributed by atoms with Crippen LogP contribution in [0.1, 0.15) is 84.0 Å². The van der Waals surface area contributed by atoms with Gasteiger partial charge in [-0.2, -0.15) is 0 Å². The van der Waals surface area contributed by atoms with Crippen LogP contribution in [0.5, 0.6) is 0 Å². The Balaban J connectivity index is 3.68. The zero-order valence-electron chi connectivity index (χ0n) is 14.3. The average molecular weight is 325 g/mol. The molecule has 0 unspecified atom stereocenters. The number of hydrogen-bond acceptors (Lipinski definition) is 3. The Labute approximate surface area is 139 Å². The Kier molecular flexibility index (Phi) is 14.2. The van der Waals surface area contributed by atoms with Crippen LogP contribution in [-0.2, 0) is 4.79 Å². The zero-order chi connectivity index (χ0) is 17.3. The molecule has 0 spiro atoms. The molecule has 0 aromatic rings. The van der Waals surface area contributed by atoms with E-state index in [1.54, 1.807) is 6.08 Å². The number of carboxylic acids is 1. The first-order chi connectivity index (χ1) is 11.1. The summed E-state index contributed by atoms with van der Waals surface area (Å²) in [6.07, 6.45) is 16.2. The molecular formula is C18H31NO4. The van der Waals surface area contributed by atoms with Gasteiger partial charge in [0, 0.05) is 12.8 Å². The Bertz CT molecular complexity index is 388. The van der Waals surface area contributed by atoms with Gasteiger partial charge in [-0.15, -0.1) is 0 Å². The molecule has 0 saturated carbocycles. The monoisotopic (exact) mass is 325 g/mol. The van der Waals surface area contributed by atoms with Crippen LogP contribution in [0, 0.1) is 10.1 Å². The number of aliphatic carboxylic acids is 1. The molecule has 23 heavy (non-hydrogen) atoms. The van der Waals surface area contributed by atoms with Gasteiger partial charge in [0.25, 0.3) is 0 Å². The first-order valence-corrected chi connectivity index (χ1v) is 8.78. The van der Waals surface area contributed by atoms with Gasteiger partial charge < -0.3 is 5.11 Å². The fourth-order valence-corrected chi connectivity index (χ4v) is 2.31. The van der Waals surface area contributed by atoms with E-state index >= 15 is 0 Å². The molecule has 0 amide bonds. The number of nitro groups is 1. The van der Waals surface area contributed by atoms with Crippen molar-refractivity contribution in [1.29, 1.82) is 0 Å². The van der Waals surface area contributed by atoms with E-state index in [1.165, 1.54) is 0 Å². The lowest BCUT2D eigenvalue weighted by Crippen LogP contribution is -1.98. The number of allylic oxidation sites excluding steroid dienone is 4. The second-order valence-corrected chi connectivity index (χ2v) is 5.82. The number of unbranched alkanes of at least 4 members (excludes halogenated alkanes) is 7. The number of carbonyl (C=O) groups is 1. The maximum Gasteiger partial charge on any atom is 0.303 e. The van der Waals surface area contributed by atoms with Crippen molar-refractivity contribution in [2.75, 3.05) is 0 Å². The zero-order valence-corrected chi connectivity index (χ0v) is 14.3. The minimum atomic E-state index is -0.718. The predicted octanol–water partition coefficient (Wildman–Crippen LogP) is 5.49. The van der Waals surface area contributed by atoms with Crippen molar-refractivity contribution >= 4 is 5.97 Å². The van der Waals surface area contributed by atoms with Gasteiger partial charge in [0.1, 0.15) is 0 Å². The van der Waals surface area contributed by atoms with E-state index in [2.05, 4.69) is 13.0 Å². The summed E-state index contributed by atoms with van der Waals surface area (Å²) in [7, 11) is 0. The fraction of sp³-hybridized carbons (Fsp3) is 0.722. The molecule has 0 aliphatic carbocycles. The largest absolute Gasteiger partial charge is 0.481 e. The van der Waals surface area contributed by atoms with Gasteiger partial charge in [-0.05, 0) is 38.2 Å². The van der Waals surface area contributed by atoms with E-state index in [9.17, 15) is 14.9 Å². The number of nitrogens with zero attached hydrogens (tertiary/aromatic N) is 1. The van der Waals surface area contributed by atoms with Crippen LogP contribution >= 0.6 is 0 Å². The summed E-state index contributed by atoms with van der Waals surface area (Å²) in [6.45, 7) is 2.09. The fourth-order valence-electron chi connectivity index (χ4n) is 2.31. The Morgan fingerprint density at radius 3 is 2.30 bits per heavy atom. The minimum Gasteiger partial charge on any atom is -0.481 e. The first kappa shape index (κ1) is 21.4. The van der Waals surface area contributed by atoms with Gasteiger partial charge in [0.15, 0.2) is 0 Å². The van der Waals surface area contributed by atoms with Crippen molar-refractivity contribution in [3.63, 3.8) is 0 Å². The lowest BCUT2D eigenvalue weighted by molar-refractivity contribution is -0.428. The standard InChI is InChI=1S/C18H31NO4/c1-2-3-11-14-17(19(22)23)15-12-9-7-5-4-6-8-10-13-16-18(20)21/h7,9,15H,2-6,8,10-14,16H2,1H3,(H,20,21)/b9-7+,17-15-. The first-order valence-electron chi connectivity index (χ1n) is 8.78. The molecule has 0 rings (SSSR count). The summed E-state index contributed by atoms with van der Waals surface area (Å²) < 4.78 is 0. The molecule has 0 aromatic heterocycles. The van der Waals surface area contributed by atoms with Gasteiger partial charge in [-0.1, -0.05) is 51.2 Å². The molecule has 0 aromatic carbocycles. The lowest BCUT2D eigenvalue weighted by Gasteiger charge is -1.98. The van der Waals surface area contributed by atoms with Crippen molar-refractivity contribution < 1.29 is 14.8 Å². The Hall–Kier alpha value is -1.65. The molecule has 0 aliphatic heterocycles. The smallest absolute Gasteiger partial charge is 0.303 e. The summed E-state index contributed by atoms with van der Waals surface area (Å²) in [5, 5.41) is 19.4. The third-order valence-corrected chi connectivity index (χ3v) is 3.69. The van der Waals surface area contributed by atoms with E-state index < -0.39 is 5.97 Å². The molecule has 0 fully saturated rings. The predicted molar refractivity (Wildman–Crippen MR) is 92.9 cm³/mol. The third-order valence-electron chi connectivity index (χ3n) is 3.69. The molecule has 0 saturated heterocycles. The van der Waals surface area contributed by atoms with E-state index in [4.69, 9.17) is 5.11 Å². The average Bonchev–Trinajstić information content (AvgIpc) is 2.50. The molecule has 132 valence electrons. The van der Waals surface area contributed by atoms with Crippen LogP contribution in [0.3, 0.4) is 0 Å². The van der Waals surface area contributed by atoms with Crippen molar-refractivity contribution in [3.8, 4) is 0 Å². The van der Waals surface area contributed by atoms with Gasteiger partial charge >= 0.3 is 5.97 Å². The van der Waals surface area contributed by atoms with E-state index in [0.29, 0.717) is 18.5 Å². The molecular weight excluding hydrogens is 294 g/mol. The van der Waals surface area contributed by atoms with E-state index in [1.807, 2.05) is 6.08 Å².